The van der Waals surface area contributed by atoms with Crippen molar-refractivity contribution < 1.29 is 22.7 Å². The van der Waals surface area contributed by atoms with Crippen LogP contribution in [-0.2, 0) is 9.53 Å². The van der Waals surface area contributed by atoms with E-state index in [0.29, 0.717) is 4.90 Å². The Balaban J connectivity index is 2.55. The van der Waals surface area contributed by atoms with Crippen LogP contribution in [0.1, 0.15) is 6.92 Å². The Kier molecular flexibility index (Phi) is 4.84. The number of thioether (sulfide) groups is 1. The molecule has 1 atom stereocenters. The molecule has 1 rings (SSSR count). The second-order valence-corrected chi connectivity index (χ2v) is 4.60. The maximum Gasteiger partial charge on any atom is 0.425 e. The number of hydrogen-bond donors (Lipinski definition) is 0. The first-order chi connectivity index (χ1) is 8.30. The minimum atomic E-state index is -4.56. The summed E-state index contributed by atoms with van der Waals surface area (Å²) in [6.45, 7) is 4.18. The van der Waals surface area contributed by atoms with Crippen LogP contribution in [0.15, 0.2) is 46.7 Å². The summed E-state index contributed by atoms with van der Waals surface area (Å²) < 4.78 is 40.8. The van der Waals surface area contributed by atoms with Crippen molar-refractivity contribution in [1.29, 1.82) is 0 Å². The Hall–Kier alpha value is -1.43. The highest BCUT2D eigenvalue weighted by molar-refractivity contribution is 8.04. The van der Waals surface area contributed by atoms with Crippen molar-refractivity contribution in [1.82, 2.24) is 0 Å². The zero-order chi connectivity index (χ0) is 13.8. The molecular formula is C12H11F3O2S. The lowest BCUT2D eigenvalue weighted by atomic mass is 10.4. The van der Waals surface area contributed by atoms with Gasteiger partial charge in [0.2, 0.25) is 0 Å². The molecule has 0 aliphatic rings. The van der Waals surface area contributed by atoms with Gasteiger partial charge in [-0.2, -0.15) is 13.2 Å². The van der Waals surface area contributed by atoms with Crippen molar-refractivity contribution in [2.24, 2.45) is 0 Å². The zero-order valence-corrected chi connectivity index (χ0v) is 10.3. The van der Waals surface area contributed by atoms with Crippen LogP contribution < -0.4 is 0 Å². The van der Waals surface area contributed by atoms with E-state index in [1.54, 1.807) is 30.3 Å². The molecule has 0 heterocycles. The molecule has 0 bridgehead atoms. The number of halogens is 3. The lowest BCUT2D eigenvalue weighted by Crippen LogP contribution is -2.31. The van der Waals surface area contributed by atoms with Gasteiger partial charge in [-0.1, -0.05) is 36.5 Å². The van der Waals surface area contributed by atoms with Crippen LogP contribution >= 0.6 is 11.8 Å². The predicted molar refractivity (Wildman–Crippen MR) is 63.0 cm³/mol. The van der Waals surface area contributed by atoms with Gasteiger partial charge in [-0.15, -0.1) is 0 Å². The summed E-state index contributed by atoms with van der Waals surface area (Å²) in [5.74, 6) is -1.06. The van der Waals surface area contributed by atoms with Crippen LogP contribution in [0.2, 0.25) is 0 Å². The number of ether oxygens (including phenoxy) is 1. The van der Waals surface area contributed by atoms with E-state index in [-0.39, 0.29) is 4.91 Å². The Morgan fingerprint density at radius 1 is 1.33 bits per heavy atom. The summed E-state index contributed by atoms with van der Waals surface area (Å²) in [5, 5.41) is 0. The molecule has 1 aromatic rings. The molecule has 0 N–H and O–H groups in total. The Morgan fingerprint density at radius 3 is 2.39 bits per heavy atom. The number of carbonyl (C=O) groups is 1. The normalized spacial score (nSPS) is 12.9. The Labute approximate surface area is 107 Å². The molecule has 6 heteroatoms. The fraction of sp³-hybridized carbons (Fsp3) is 0.250. The lowest BCUT2D eigenvalue weighted by molar-refractivity contribution is -0.213. The Morgan fingerprint density at radius 2 is 1.89 bits per heavy atom. The van der Waals surface area contributed by atoms with Gasteiger partial charge in [0.15, 0.2) is 6.10 Å². The number of hydrogen-bond acceptors (Lipinski definition) is 3. The third-order valence-corrected chi connectivity index (χ3v) is 2.88. The van der Waals surface area contributed by atoms with Gasteiger partial charge >= 0.3 is 12.1 Å². The number of rotatable bonds is 4. The van der Waals surface area contributed by atoms with E-state index in [0.717, 1.165) is 18.7 Å². The summed E-state index contributed by atoms with van der Waals surface area (Å²) in [4.78, 5) is 12.0. The second-order valence-electron chi connectivity index (χ2n) is 3.43. The fourth-order valence-corrected chi connectivity index (χ4v) is 1.67. The topological polar surface area (TPSA) is 26.3 Å². The average Bonchev–Trinajstić information content (AvgIpc) is 2.28. The second kappa shape index (κ2) is 5.95. The zero-order valence-electron chi connectivity index (χ0n) is 9.53. The monoisotopic (exact) mass is 276 g/mol. The van der Waals surface area contributed by atoms with Gasteiger partial charge in [0, 0.05) is 4.90 Å². The van der Waals surface area contributed by atoms with Crippen molar-refractivity contribution in [2.45, 2.75) is 24.1 Å². The van der Waals surface area contributed by atoms with Crippen molar-refractivity contribution in [3.8, 4) is 0 Å². The van der Waals surface area contributed by atoms with Gasteiger partial charge in [-0.25, -0.2) is 4.79 Å². The first-order valence-corrected chi connectivity index (χ1v) is 5.82. The van der Waals surface area contributed by atoms with Crippen LogP contribution in [0.5, 0.6) is 0 Å². The maximum atomic E-state index is 12.2. The molecule has 2 nitrogen and oxygen atoms in total. The van der Waals surface area contributed by atoms with Gasteiger partial charge in [-0.05, 0) is 19.1 Å². The van der Waals surface area contributed by atoms with E-state index in [2.05, 4.69) is 11.3 Å². The van der Waals surface area contributed by atoms with Crippen molar-refractivity contribution in [2.75, 3.05) is 0 Å². The van der Waals surface area contributed by atoms with Gasteiger partial charge in [-0.3, -0.25) is 0 Å². The van der Waals surface area contributed by atoms with E-state index >= 15 is 0 Å². The van der Waals surface area contributed by atoms with Crippen LogP contribution in [0, 0.1) is 0 Å². The summed E-state index contributed by atoms with van der Waals surface area (Å²) in [7, 11) is 0. The molecule has 18 heavy (non-hydrogen) atoms. The van der Waals surface area contributed by atoms with Crippen molar-refractivity contribution in [3.05, 3.63) is 41.8 Å². The van der Waals surface area contributed by atoms with Gasteiger partial charge < -0.3 is 4.74 Å². The largest absolute Gasteiger partial charge is 0.449 e. The number of carbonyl (C=O) groups excluding carboxylic acids is 1. The minimum absolute atomic E-state index is 0.0858. The first-order valence-electron chi connectivity index (χ1n) is 5.00. The van der Waals surface area contributed by atoms with Gasteiger partial charge in [0.25, 0.3) is 0 Å². The summed E-state index contributed by atoms with van der Waals surface area (Å²) in [5.41, 5.74) is 0. The molecule has 0 aliphatic heterocycles. The molecule has 1 unspecified atom stereocenters. The smallest absolute Gasteiger partial charge is 0.425 e. The van der Waals surface area contributed by atoms with E-state index in [1.165, 1.54) is 0 Å². The molecule has 0 saturated heterocycles. The van der Waals surface area contributed by atoms with Crippen LogP contribution in [-0.4, -0.2) is 18.2 Å². The average molecular weight is 276 g/mol. The summed E-state index contributed by atoms with van der Waals surface area (Å²) in [6.07, 6.45) is -6.70. The third kappa shape index (κ3) is 4.44. The summed E-state index contributed by atoms with van der Waals surface area (Å²) in [6, 6.07) is 8.72. The quantitative estimate of drug-likeness (QED) is 0.475. The van der Waals surface area contributed by atoms with Gasteiger partial charge in [0.1, 0.15) is 0 Å². The van der Waals surface area contributed by atoms with Crippen molar-refractivity contribution >= 4 is 17.7 Å². The molecule has 0 aromatic heterocycles. The molecule has 0 spiro atoms. The Bertz CT molecular complexity index is 429. The highest BCUT2D eigenvalue weighted by atomic mass is 32.2. The van der Waals surface area contributed by atoms with E-state index < -0.39 is 18.2 Å². The standard InChI is InChI=1S/C12H11F3O2S/c1-8(18-10-6-4-3-5-7-10)11(16)17-9(2)12(13,14)15/h3-7,9H,1H2,2H3. The number of alkyl halides is 3. The van der Waals surface area contributed by atoms with Crippen LogP contribution in [0.4, 0.5) is 13.2 Å². The molecule has 0 fully saturated rings. The molecule has 0 radical (unpaired) electrons. The molecule has 0 aliphatic carbocycles. The third-order valence-electron chi connectivity index (χ3n) is 1.96. The van der Waals surface area contributed by atoms with Gasteiger partial charge in [0.05, 0.1) is 4.91 Å². The first kappa shape index (κ1) is 14.6. The van der Waals surface area contributed by atoms with E-state index in [1.807, 2.05) is 0 Å². The van der Waals surface area contributed by atoms with Crippen LogP contribution in [0.25, 0.3) is 0 Å². The number of benzene rings is 1. The highest BCUT2D eigenvalue weighted by Gasteiger charge is 2.39. The molecular weight excluding hydrogens is 265 g/mol. The van der Waals surface area contributed by atoms with E-state index in [9.17, 15) is 18.0 Å². The SMILES string of the molecule is C=C(Sc1ccccc1)C(=O)OC(C)C(F)(F)F. The van der Waals surface area contributed by atoms with Crippen molar-refractivity contribution in [3.63, 3.8) is 0 Å². The van der Waals surface area contributed by atoms with E-state index in [4.69, 9.17) is 0 Å². The fourth-order valence-electron chi connectivity index (χ4n) is 0.966. The highest BCUT2D eigenvalue weighted by Crippen LogP contribution is 2.28. The predicted octanol–water partition coefficient (Wildman–Crippen LogP) is 3.79. The molecule has 1 aromatic carbocycles. The summed E-state index contributed by atoms with van der Waals surface area (Å²) >= 11 is 0.968. The lowest BCUT2D eigenvalue weighted by Gasteiger charge is -2.16. The maximum absolute atomic E-state index is 12.2. The molecule has 98 valence electrons. The minimum Gasteiger partial charge on any atom is -0.449 e. The molecule has 0 amide bonds. The molecule has 0 saturated carbocycles. The number of esters is 1. The van der Waals surface area contributed by atoms with Crippen LogP contribution in [0.3, 0.4) is 0 Å².